The highest BCUT2D eigenvalue weighted by Crippen LogP contribution is 2.38. The van der Waals surface area contributed by atoms with Gasteiger partial charge >= 0.3 is 5.97 Å². The van der Waals surface area contributed by atoms with Crippen LogP contribution in [-0.4, -0.2) is 39.1 Å². The number of anilines is 1. The molecule has 174 valence electrons. The van der Waals surface area contributed by atoms with Crippen LogP contribution >= 0.6 is 0 Å². The largest absolute Gasteiger partial charge is 0.466 e. The predicted molar refractivity (Wildman–Crippen MR) is 129 cm³/mol. The average Bonchev–Trinajstić information content (AvgIpc) is 2.83. The first kappa shape index (κ1) is 23.2. The van der Waals surface area contributed by atoms with Crippen LogP contribution in [0.5, 0.6) is 0 Å². The molecule has 7 heteroatoms. The summed E-state index contributed by atoms with van der Waals surface area (Å²) in [4.78, 5) is 19.4. The molecule has 0 N–H and O–H groups in total. The third-order valence-electron chi connectivity index (χ3n) is 6.25. The Kier molecular flexibility index (Phi) is 6.70. The lowest BCUT2D eigenvalue weighted by Crippen LogP contribution is -2.40. The van der Waals surface area contributed by atoms with Crippen molar-refractivity contribution in [1.29, 1.82) is 0 Å². The Morgan fingerprint density at radius 2 is 1.91 bits per heavy atom. The first-order valence-electron chi connectivity index (χ1n) is 11.5. The van der Waals surface area contributed by atoms with Crippen molar-refractivity contribution >= 4 is 32.4 Å². The Hall–Kier alpha value is -2.93. The molecular formula is C26H30N2O4S. The summed E-state index contributed by atoms with van der Waals surface area (Å²) < 4.78 is 32.8. The number of ether oxygens (including phenoxy) is 1. The Labute approximate surface area is 195 Å². The van der Waals surface area contributed by atoms with Gasteiger partial charge in [-0.25, -0.2) is 8.42 Å². The number of esters is 1. The van der Waals surface area contributed by atoms with Gasteiger partial charge < -0.3 is 9.64 Å². The van der Waals surface area contributed by atoms with Gasteiger partial charge in [0, 0.05) is 24.7 Å². The number of nitrogens with zero attached hydrogens (tertiary/aromatic N) is 2. The molecule has 1 fully saturated rings. The van der Waals surface area contributed by atoms with Crippen molar-refractivity contribution in [3.8, 4) is 0 Å². The van der Waals surface area contributed by atoms with Crippen molar-refractivity contribution in [2.75, 3.05) is 24.6 Å². The smallest absolute Gasteiger partial charge is 0.310 e. The Bertz CT molecular complexity index is 1270. The molecule has 0 saturated carbocycles. The number of rotatable bonds is 6. The number of aryl methyl sites for hydroxylation is 2. The summed E-state index contributed by atoms with van der Waals surface area (Å²) in [6.45, 7) is 7.23. The molecule has 0 bridgehead atoms. The molecule has 0 amide bonds. The molecule has 2 heterocycles. The highest BCUT2D eigenvalue weighted by Gasteiger charge is 2.32. The maximum Gasteiger partial charge on any atom is 0.310 e. The van der Waals surface area contributed by atoms with E-state index >= 15 is 0 Å². The van der Waals surface area contributed by atoms with Crippen LogP contribution in [-0.2, 0) is 25.8 Å². The van der Waals surface area contributed by atoms with Crippen LogP contribution in [0.1, 0.15) is 37.8 Å². The molecule has 1 unspecified atom stereocenters. The van der Waals surface area contributed by atoms with Gasteiger partial charge in [-0.2, -0.15) is 0 Å². The zero-order valence-electron chi connectivity index (χ0n) is 19.4. The van der Waals surface area contributed by atoms with Crippen molar-refractivity contribution in [1.82, 2.24) is 4.98 Å². The average molecular weight is 467 g/mol. The van der Waals surface area contributed by atoms with Crippen molar-refractivity contribution in [2.45, 2.75) is 49.8 Å². The fraction of sp³-hybridized carbons (Fsp3) is 0.385. The molecule has 4 rings (SSSR count). The number of benzene rings is 2. The number of fused-ring (bicyclic) bond motifs is 1. The summed E-state index contributed by atoms with van der Waals surface area (Å²) in [5.74, 6) is -0.512. The van der Waals surface area contributed by atoms with E-state index in [2.05, 4.69) is 4.98 Å². The fourth-order valence-electron chi connectivity index (χ4n) is 4.46. The molecular weight excluding hydrogens is 436 g/mol. The van der Waals surface area contributed by atoms with Crippen LogP contribution in [0.2, 0.25) is 0 Å². The van der Waals surface area contributed by atoms with Gasteiger partial charge in [0.1, 0.15) is 4.90 Å². The number of carbonyl (C=O) groups excluding carboxylic acids is 1. The molecule has 0 spiro atoms. The molecule has 0 aliphatic carbocycles. The second kappa shape index (κ2) is 9.51. The number of sulfone groups is 1. The molecule has 1 aromatic heterocycles. The Morgan fingerprint density at radius 3 is 2.61 bits per heavy atom. The van der Waals surface area contributed by atoms with Gasteiger partial charge in [-0.3, -0.25) is 9.78 Å². The first-order chi connectivity index (χ1) is 15.8. The number of hydrogen-bond donors (Lipinski definition) is 0. The minimum atomic E-state index is -3.82. The van der Waals surface area contributed by atoms with Crippen molar-refractivity contribution in [3.05, 3.63) is 59.8 Å². The monoisotopic (exact) mass is 466 g/mol. The van der Waals surface area contributed by atoms with Gasteiger partial charge in [0.15, 0.2) is 0 Å². The van der Waals surface area contributed by atoms with E-state index in [9.17, 15) is 13.2 Å². The summed E-state index contributed by atoms with van der Waals surface area (Å²) in [5.41, 5.74) is 3.45. The Balaban J connectivity index is 1.87. The van der Waals surface area contributed by atoms with E-state index in [-0.39, 0.29) is 21.7 Å². The maximum absolute atomic E-state index is 13.8. The number of carbonyl (C=O) groups is 1. The van der Waals surface area contributed by atoms with E-state index in [4.69, 9.17) is 4.74 Å². The third kappa shape index (κ3) is 4.60. The van der Waals surface area contributed by atoms with E-state index < -0.39 is 9.84 Å². The molecule has 2 aromatic carbocycles. The van der Waals surface area contributed by atoms with E-state index in [1.807, 2.05) is 49.1 Å². The van der Waals surface area contributed by atoms with Gasteiger partial charge in [0.25, 0.3) is 0 Å². The van der Waals surface area contributed by atoms with Crippen LogP contribution in [0.15, 0.2) is 58.5 Å². The lowest BCUT2D eigenvalue weighted by Gasteiger charge is -2.35. The molecule has 6 nitrogen and oxygen atoms in total. The lowest BCUT2D eigenvalue weighted by molar-refractivity contribution is -0.148. The molecule has 1 atom stereocenters. The standard InChI is InChI=1S/C26H30N2O4S/c1-4-19-9-11-21(12-10-19)33(30,31)24-16-27-23-13-8-18(3)15-22(23)25(24)28-14-6-7-20(17-28)26(29)32-5-2/h8-13,15-16,20H,4-7,14,17H2,1-3H3. The number of aromatic nitrogens is 1. The van der Waals surface area contributed by atoms with E-state index in [1.165, 1.54) is 6.20 Å². The minimum absolute atomic E-state index is 0.175. The molecule has 33 heavy (non-hydrogen) atoms. The topological polar surface area (TPSA) is 76.6 Å². The zero-order chi connectivity index (χ0) is 23.6. The molecule has 3 aromatic rings. The van der Waals surface area contributed by atoms with E-state index in [0.717, 1.165) is 41.3 Å². The number of hydrogen-bond acceptors (Lipinski definition) is 6. The van der Waals surface area contributed by atoms with Crippen LogP contribution in [0.3, 0.4) is 0 Å². The predicted octanol–water partition coefficient (Wildman–Crippen LogP) is 4.72. The van der Waals surface area contributed by atoms with E-state index in [1.54, 1.807) is 19.1 Å². The van der Waals surface area contributed by atoms with Gasteiger partial charge in [-0.1, -0.05) is 30.7 Å². The zero-order valence-corrected chi connectivity index (χ0v) is 20.2. The molecule has 1 saturated heterocycles. The van der Waals surface area contributed by atoms with Crippen molar-refractivity contribution in [3.63, 3.8) is 0 Å². The normalized spacial score (nSPS) is 16.7. The molecule has 0 radical (unpaired) electrons. The van der Waals surface area contributed by atoms with Crippen molar-refractivity contribution < 1.29 is 17.9 Å². The quantitative estimate of drug-likeness (QED) is 0.490. The summed E-state index contributed by atoms with van der Waals surface area (Å²) in [5, 5.41) is 0.783. The summed E-state index contributed by atoms with van der Waals surface area (Å²) in [6, 6.07) is 12.9. The number of pyridine rings is 1. The fourth-order valence-corrected chi connectivity index (χ4v) is 5.89. The molecule has 1 aliphatic rings. The third-order valence-corrected chi connectivity index (χ3v) is 8.02. The van der Waals surface area contributed by atoms with Crippen LogP contribution < -0.4 is 4.90 Å². The van der Waals surface area contributed by atoms with Gasteiger partial charge in [-0.05, 0) is 62.9 Å². The highest BCUT2D eigenvalue weighted by atomic mass is 32.2. The van der Waals surface area contributed by atoms with Crippen LogP contribution in [0.4, 0.5) is 5.69 Å². The molecule has 1 aliphatic heterocycles. The summed E-state index contributed by atoms with van der Waals surface area (Å²) in [6.07, 6.45) is 3.82. The lowest BCUT2D eigenvalue weighted by atomic mass is 9.97. The minimum Gasteiger partial charge on any atom is -0.466 e. The van der Waals surface area contributed by atoms with Gasteiger partial charge in [0.05, 0.1) is 28.6 Å². The maximum atomic E-state index is 13.8. The SMILES string of the molecule is CCOC(=O)C1CCCN(c2c(S(=O)(=O)c3ccc(CC)cc3)cnc3ccc(C)cc23)C1. The van der Waals surface area contributed by atoms with E-state index in [0.29, 0.717) is 25.4 Å². The highest BCUT2D eigenvalue weighted by molar-refractivity contribution is 7.91. The van der Waals surface area contributed by atoms with Crippen LogP contribution in [0.25, 0.3) is 10.9 Å². The van der Waals surface area contributed by atoms with Gasteiger partial charge in [-0.15, -0.1) is 0 Å². The summed E-state index contributed by atoms with van der Waals surface area (Å²) in [7, 11) is -3.82. The second-order valence-corrected chi connectivity index (χ2v) is 10.4. The number of piperidine rings is 1. The second-order valence-electron chi connectivity index (χ2n) is 8.53. The summed E-state index contributed by atoms with van der Waals surface area (Å²) >= 11 is 0. The van der Waals surface area contributed by atoms with Crippen molar-refractivity contribution in [2.24, 2.45) is 5.92 Å². The Morgan fingerprint density at radius 1 is 1.15 bits per heavy atom. The van der Waals surface area contributed by atoms with Crippen LogP contribution in [0, 0.1) is 12.8 Å². The first-order valence-corrected chi connectivity index (χ1v) is 13.0. The van der Waals surface area contributed by atoms with Gasteiger partial charge in [0.2, 0.25) is 9.84 Å².